The van der Waals surface area contributed by atoms with Crippen LogP contribution in [0.15, 0.2) is 65.7 Å². The van der Waals surface area contributed by atoms with Gasteiger partial charge in [-0.05, 0) is 37.3 Å². The Morgan fingerprint density at radius 1 is 1.00 bits per heavy atom. The fraction of sp³-hybridized carbons (Fsp3) is 0.435. The summed E-state index contributed by atoms with van der Waals surface area (Å²) in [6.45, 7) is 5.67. The molecule has 0 aliphatic carbocycles. The standard InChI is InChI=1S/C23H33N3O2.HI/c1-2-24-23(26-17-14-22(27)21-12-7-4-8-13-21)25-16-9-18-28-19-15-20-10-5-3-6-11-20;/h3-8,10-13,22,27H,2,9,14-19H2,1H3,(H2,24,25,26);1H. The van der Waals surface area contributed by atoms with E-state index in [2.05, 4.69) is 39.9 Å². The first-order chi connectivity index (χ1) is 13.8. The van der Waals surface area contributed by atoms with Crippen LogP contribution in [0.25, 0.3) is 0 Å². The van der Waals surface area contributed by atoms with E-state index in [0.29, 0.717) is 26.1 Å². The van der Waals surface area contributed by atoms with Crippen molar-refractivity contribution in [3.63, 3.8) is 0 Å². The van der Waals surface area contributed by atoms with Crippen molar-refractivity contribution in [2.45, 2.75) is 32.3 Å². The Labute approximate surface area is 192 Å². The summed E-state index contributed by atoms with van der Waals surface area (Å²) >= 11 is 0. The van der Waals surface area contributed by atoms with Gasteiger partial charge in [-0.25, -0.2) is 0 Å². The lowest BCUT2D eigenvalue weighted by atomic mass is 10.1. The average Bonchev–Trinajstić information content (AvgIpc) is 2.74. The highest BCUT2D eigenvalue weighted by Gasteiger charge is 2.06. The third kappa shape index (κ3) is 11.2. The van der Waals surface area contributed by atoms with Crippen LogP contribution in [0, 0.1) is 0 Å². The molecule has 6 heteroatoms. The average molecular weight is 511 g/mol. The number of aliphatic hydroxyl groups is 1. The molecule has 2 aromatic rings. The summed E-state index contributed by atoms with van der Waals surface area (Å²) in [7, 11) is 0. The summed E-state index contributed by atoms with van der Waals surface area (Å²) in [6.07, 6.45) is 2.00. The van der Waals surface area contributed by atoms with Crippen LogP contribution < -0.4 is 10.6 Å². The van der Waals surface area contributed by atoms with Crippen LogP contribution in [0.4, 0.5) is 0 Å². The maximum atomic E-state index is 10.2. The molecule has 0 heterocycles. The molecule has 2 aromatic carbocycles. The Morgan fingerprint density at radius 3 is 2.38 bits per heavy atom. The quantitative estimate of drug-likeness (QED) is 0.175. The Morgan fingerprint density at radius 2 is 1.69 bits per heavy atom. The maximum absolute atomic E-state index is 10.2. The van der Waals surface area contributed by atoms with Crippen LogP contribution in [0.1, 0.15) is 37.0 Å². The molecule has 3 N–H and O–H groups in total. The first kappa shape index (κ1) is 25.4. The molecule has 0 fully saturated rings. The number of hydrogen-bond acceptors (Lipinski definition) is 3. The summed E-state index contributed by atoms with van der Waals surface area (Å²) in [6, 6.07) is 20.1. The van der Waals surface area contributed by atoms with Crippen molar-refractivity contribution >= 4 is 29.9 Å². The summed E-state index contributed by atoms with van der Waals surface area (Å²) in [4.78, 5) is 4.57. The van der Waals surface area contributed by atoms with Crippen LogP contribution in [-0.4, -0.2) is 43.9 Å². The van der Waals surface area contributed by atoms with Crippen molar-refractivity contribution in [2.24, 2.45) is 4.99 Å². The zero-order chi connectivity index (χ0) is 19.9. The molecule has 29 heavy (non-hydrogen) atoms. The molecular formula is C23H34IN3O2. The second kappa shape index (κ2) is 16.2. The van der Waals surface area contributed by atoms with Gasteiger partial charge >= 0.3 is 0 Å². The highest BCUT2D eigenvalue weighted by atomic mass is 127. The highest BCUT2D eigenvalue weighted by molar-refractivity contribution is 14.0. The van der Waals surface area contributed by atoms with Gasteiger partial charge in [0.1, 0.15) is 0 Å². The minimum atomic E-state index is -0.463. The van der Waals surface area contributed by atoms with E-state index in [-0.39, 0.29) is 24.0 Å². The number of hydrogen-bond donors (Lipinski definition) is 3. The molecule has 1 unspecified atom stereocenters. The van der Waals surface area contributed by atoms with Crippen LogP contribution in [0.3, 0.4) is 0 Å². The number of aliphatic hydroxyl groups excluding tert-OH is 1. The molecule has 0 saturated heterocycles. The zero-order valence-corrected chi connectivity index (χ0v) is 19.5. The zero-order valence-electron chi connectivity index (χ0n) is 17.2. The normalized spacial score (nSPS) is 12.1. The molecule has 1 atom stereocenters. The fourth-order valence-corrected chi connectivity index (χ4v) is 2.81. The lowest BCUT2D eigenvalue weighted by Crippen LogP contribution is -2.38. The van der Waals surface area contributed by atoms with Crippen molar-refractivity contribution in [3.05, 3.63) is 71.8 Å². The van der Waals surface area contributed by atoms with Gasteiger partial charge in [0.15, 0.2) is 5.96 Å². The minimum Gasteiger partial charge on any atom is -0.388 e. The molecule has 0 spiro atoms. The number of nitrogens with zero attached hydrogens (tertiary/aromatic N) is 1. The van der Waals surface area contributed by atoms with Crippen LogP contribution in [0.2, 0.25) is 0 Å². The van der Waals surface area contributed by atoms with Crippen molar-refractivity contribution in [1.82, 2.24) is 10.6 Å². The largest absolute Gasteiger partial charge is 0.388 e. The van der Waals surface area contributed by atoms with Crippen molar-refractivity contribution in [1.29, 1.82) is 0 Å². The number of halogens is 1. The van der Waals surface area contributed by atoms with E-state index in [4.69, 9.17) is 4.74 Å². The van der Waals surface area contributed by atoms with E-state index in [0.717, 1.165) is 37.5 Å². The second-order valence-electron chi connectivity index (χ2n) is 6.60. The summed E-state index contributed by atoms with van der Waals surface area (Å²) in [5.41, 5.74) is 2.25. The van der Waals surface area contributed by atoms with E-state index >= 15 is 0 Å². The third-order valence-electron chi connectivity index (χ3n) is 4.33. The Balaban J connectivity index is 0.00000420. The lowest BCUT2D eigenvalue weighted by Gasteiger charge is -2.14. The summed E-state index contributed by atoms with van der Waals surface area (Å²) < 4.78 is 5.70. The predicted molar refractivity (Wildman–Crippen MR) is 131 cm³/mol. The molecular weight excluding hydrogens is 477 g/mol. The second-order valence-corrected chi connectivity index (χ2v) is 6.60. The van der Waals surface area contributed by atoms with Gasteiger partial charge in [-0.15, -0.1) is 24.0 Å². The fourth-order valence-electron chi connectivity index (χ4n) is 2.81. The first-order valence-electron chi connectivity index (χ1n) is 10.2. The number of aliphatic imine (C=N–C) groups is 1. The summed E-state index contributed by atoms with van der Waals surface area (Å²) in [5, 5.41) is 16.7. The molecule has 5 nitrogen and oxygen atoms in total. The summed E-state index contributed by atoms with van der Waals surface area (Å²) in [5.74, 6) is 0.784. The van der Waals surface area contributed by atoms with Crippen molar-refractivity contribution < 1.29 is 9.84 Å². The number of nitrogens with one attached hydrogen (secondary N) is 2. The number of benzene rings is 2. The van der Waals surface area contributed by atoms with E-state index in [1.807, 2.05) is 43.3 Å². The first-order valence-corrected chi connectivity index (χ1v) is 10.2. The molecule has 160 valence electrons. The Bertz CT molecular complexity index is 668. The van der Waals surface area contributed by atoms with Crippen LogP contribution in [0.5, 0.6) is 0 Å². The van der Waals surface area contributed by atoms with Gasteiger partial charge in [-0.3, -0.25) is 4.99 Å². The van der Waals surface area contributed by atoms with E-state index in [1.54, 1.807) is 0 Å². The Hall–Kier alpha value is -1.64. The van der Waals surface area contributed by atoms with E-state index < -0.39 is 6.10 Å². The van der Waals surface area contributed by atoms with Gasteiger partial charge in [0.2, 0.25) is 0 Å². The number of guanidine groups is 1. The van der Waals surface area contributed by atoms with Gasteiger partial charge in [0.05, 0.1) is 12.7 Å². The monoisotopic (exact) mass is 511 g/mol. The topological polar surface area (TPSA) is 65.9 Å². The molecule has 0 aliphatic heterocycles. The van der Waals surface area contributed by atoms with Crippen LogP contribution in [-0.2, 0) is 11.2 Å². The van der Waals surface area contributed by atoms with Gasteiger partial charge in [0.25, 0.3) is 0 Å². The molecule has 0 aromatic heterocycles. The highest BCUT2D eigenvalue weighted by Crippen LogP contribution is 2.14. The number of rotatable bonds is 12. The molecule has 0 radical (unpaired) electrons. The molecule has 0 amide bonds. The van der Waals surface area contributed by atoms with Crippen molar-refractivity contribution in [2.75, 3.05) is 32.8 Å². The molecule has 0 saturated carbocycles. The van der Waals surface area contributed by atoms with Gasteiger partial charge < -0.3 is 20.5 Å². The van der Waals surface area contributed by atoms with Gasteiger partial charge in [-0.2, -0.15) is 0 Å². The minimum absolute atomic E-state index is 0. The molecule has 0 bridgehead atoms. The predicted octanol–water partition coefficient (Wildman–Crippen LogP) is 3.93. The van der Waals surface area contributed by atoms with Gasteiger partial charge in [0, 0.05) is 26.2 Å². The van der Waals surface area contributed by atoms with Crippen molar-refractivity contribution in [3.8, 4) is 0 Å². The third-order valence-corrected chi connectivity index (χ3v) is 4.33. The van der Waals surface area contributed by atoms with E-state index in [9.17, 15) is 5.11 Å². The molecule has 2 rings (SSSR count). The van der Waals surface area contributed by atoms with Crippen LogP contribution >= 0.6 is 24.0 Å². The van der Waals surface area contributed by atoms with Gasteiger partial charge in [-0.1, -0.05) is 60.7 Å². The number of ether oxygens (including phenoxy) is 1. The molecule has 0 aliphatic rings. The van der Waals surface area contributed by atoms with E-state index in [1.165, 1.54) is 5.56 Å². The SMILES string of the molecule is CCNC(=NCCCOCCc1ccccc1)NCCC(O)c1ccccc1.I. The lowest BCUT2D eigenvalue weighted by molar-refractivity contribution is 0.136. The Kier molecular flexibility index (Phi) is 14.2. The smallest absolute Gasteiger partial charge is 0.191 e. The maximum Gasteiger partial charge on any atom is 0.191 e.